The highest BCUT2D eigenvalue weighted by Gasteiger charge is 2.54. The van der Waals surface area contributed by atoms with E-state index in [4.69, 9.17) is 11.5 Å². The quantitative estimate of drug-likeness (QED) is 0.0394. The van der Waals surface area contributed by atoms with Gasteiger partial charge < -0.3 is 32.2 Å². The van der Waals surface area contributed by atoms with Gasteiger partial charge >= 0.3 is 5.97 Å². The molecule has 2 aliphatic heterocycles. The van der Waals surface area contributed by atoms with Crippen molar-refractivity contribution in [3.05, 3.63) is 45.7 Å². The Hall–Kier alpha value is -3.65. The summed E-state index contributed by atoms with van der Waals surface area (Å²) in [6.45, 7) is 0.749. The van der Waals surface area contributed by atoms with Crippen LogP contribution in [0.25, 0.3) is 0 Å². The molecule has 2 aliphatic rings. The molecule has 0 saturated carbocycles. The minimum absolute atomic E-state index is 0.0519. The molecule has 0 aliphatic carbocycles. The molecule has 0 spiro atoms. The molecule has 8 N–H and O–H groups in total. The largest absolute Gasteiger partial charge is 0.477 e. The molecular weight excluding hydrogens is 615 g/mol. The molecule has 0 bridgehead atoms. The Bertz CT molecular complexity index is 1560. The Balaban J connectivity index is 1.24. The number of rotatable bonds is 11. The van der Waals surface area contributed by atoms with Crippen LogP contribution in [0.1, 0.15) is 11.4 Å². The fourth-order valence-corrected chi connectivity index (χ4v) is 8.19. The number of carboxylic acid groups (broad SMARTS) is 1. The molecule has 3 aromatic rings. The molecule has 216 valence electrons. The Morgan fingerprint density at radius 3 is 2.76 bits per heavy atom. The second-order valence-electron chi connectivity index (χ2n) is 8.72. The van der Waals surface area contributed by atoms with Gasteiger partial charge in [0.05, 0.1) is 12.7 Å². The lowest BCUT2D eigenvalue weighted by Gasteiger charge is -2.49. The number of nitrogens with one attached hydrogen (secondary N) is 1. The Morgan fingerprint density at radius 1 is 1.27 bits per heavy atom. The summed E-state index contributed by atoms with van der Waals surface area (Å²) in [5, 5.41) is 37.0. The molecule has 3 aromatic heterocycles. The highest BCUT2D eigenvalue weighted by Crippen LogP contribution is 2.41. The number of carboxylic acids is 1. The molecule has 5 rings (SSSR count). The zero-order chi connectivity index (χ0) is 29.3. The van der Waals surface area contributed by atoms with Crippen LogP contribution in [0.3, 0.4) is 0 Å². The van der Waals surface area contributed by atoms with Gasteiger partial charge in [-0.1, -0.05) is 16.9 Å². The highest BCUT2D eigenvalue weighted by atomic mass is 32.2. The van der Waals surface area contributed by atoms with Crippen molar-refractivity contribution in [3.63, 3.8) is 0 Å². The third-order valence-corrected chi connectivity index (χ3v) is 10.3. The van der Waals surface area contributed by atoms with Gasteiger partial charge in [0, 0.05) is 22.3 Å². The summed E-state index contributed by atoms with van der Waals surface area (Å²) < 4.78 is 4.33. The number of thiazole rings is 2. The van der Waals surface area contributed by atoms with Crippen molar-refractivity contribution in [2.24, 2.45) is 5.16 Å². The first-order chi connectivity index (χ1) is 19.7. The van der Waals surface area contributed by atoms with Crippen LogP contribution in [0.5, 0.6) is 0 Å². The van der Waals surface area contributed by atoms with Crippen LogP contribution in [-0.4, -0.2) is 88.0 Å². The summed E-state index contributed by atoms with van der Waals surface area (Å²) in [7, 11) is 0. The number of carbonyl (C=O) groups excluding carboxylic acids is 2. The molecule has 0 aromatic carbocycles. The second kappa shape index (κ2) is 12.1. The van der Waals surface area contributed by atoms with E-state index in [1.807, 2.05) is 16.3 Å². The number of nitrogens with two attached hydrogens (primary N) is 2. The van der Waals surface area contributed by atoms with Crippen LogP contribution in [0.2, 0.25) is 0 Å². The van der Waals surface area contributed by atoms with Crippen molar-refractivity contribution in [2.45, 2.75) is 28.8 Å². The van der Waals surface area contributed by atoms with E-state index in [0.717, 1.165) is 21.4 Å². The number of amides is 2. The van der Waals surface area contributed by atoms with Crippen LogP contribution in [0.15, 0.2) is 43.8 Å². The Kier molecular flexibility index (Phi) is 8.50. The number of carbonyl (C=O) groups is 3. The molecule has 2 amide bonds. The van der Waals surface area contributed by atoms with Gasteiger partial charge in [0.15, 0.2) is 27.2 Å². The fourth-order valence-electron chi connectivity index (χ4n) is 4.32. The molecule has 15 nitrogen and oxygen atoms in total. The van der Waals surface area contributed by atoms with Crippen molar-refractivity contribution in [3.8, 4) is 0 Å². The first-order valence-electron chi connectivity index (χ1n) is 11.9. The number of thioether (sulfide) groups is 2. The van der Waals surface area contributed by atoms with E-state index in [-0.39, 0.29) is 23.1 Å². The number of aliphatic carboxylic acids is 1. The molecule has 5 heterocycles. The van der Waals surface area contributed by atoms with E-state index in [1.54, 1.807) is 10.7 Å². The van der Waals surface area contributed by atoms with Gasteiger partial charge in [-0.2, -0.15) is 0 Å². The number of aliphatic hydroxyl groups excluding tert-OH is 1. The third-order valence-electron chi connectivity index (χ3n) is 6.18. The lowest BCUT2D eigenvalue weighted by molar-refractivity contribution is -0.767. The number of aromatic nitrogens is 4. The number of hydrogen-bond donors (Lipinski definition) is 6. The van der Waals surface area contributed by atoms with E-state index >= 15 is 0 Å². The molecule has 1 unspecified atom stereocenters. The molecule has 41 heavy (non-hydrogen) atoms. The smallest absolute Gasteiger partial charge is 0.352 e. The minimum Gasteiger partial charge on any atom is -0.477 e. The highest BCUT2D eigenvalue weighted by molar-refractivity contribution is 8.01. The van der Waals surface area contributed by atoms with Gasteiger partial charge in [-0.25, -0.2) is 14.8 Å². The average molecular weight is 639 g/mol. The first-order valence-corrected chi connectivity index (χ1v) is 15.7. The molecule has 19 heteroatoms. The lowest BCUT2D eigenvalue weighted by atomic mass is 10.0. The van der Waals surface area contributed by atoms with Crippen LogP contribution < -0.4 is 21.5 Å². The maximum Gasteiger partial charge on any atom is 0.352 e. The zero-order valence-corrected chi connectivity index (χ0v) is 24.3. The van der Waals surface area contributed by atoms with Crippen LogP contribution in [0, 0.1) is 0 Å². The van der Waals surface area contributed by atoms with Crippen molar-refractivity contribution in [1.29, 1.82) is 0 Å². The van der Waals surface area contributed by atoms with Gasteiger partial charge in [-0.3, -0.25) is 14.5 Å². The maximum absolute atomic E-state index is 13.0. The number of nitrogens with zero attached hydrogens (tertiary/aromatic N) is 6. The first kappa shape index (κ1) is 28.9. The van der Waals surface area contributed by atoms with Crippen molar-refractivity contribution in [1.82, 2.24) is 24.9 Å². The number of nitrogen functional groups attached to an aromatic ring is 2. The zero-order valence-electron chi connectivity index (χ0n) is 21.0. The van der Waals surface area contributed by atoms with Gasteiger partial charge in [-0.05, 0) is 5.57 Å². The van der Waals surface area contributed by atoms with Crippen molar-refractivity contribution >= 4 is 80.6 Å². The van der Waals surface area contributed by atoms with Crippen molar-refractivity contribution in [2.75, 3.05) is 29.6 Å². The molecule has 2 atom stereocenters. The van der Waals surface area contributed by atoms with Crippen LogP contribution in [0.4, 0.5) is 10.9 Å². The Labute approximate surface area is 248 Å². The van der Waals surface area contributed by atoms with E-state index in [0.29, 0.717) is 36.0 Å². The van der Waals surface area contributed by atoms with Gasteiger partial charge in [0.25, 0.3) is 11.8 Å². The summed E-state index contributed by atoms with van der Waals surface area (Å²) in [6, 6.07) is 0.747. The summed E-state index contributed by atoms with van der Waals surface area (Å²) in [5.74, 6) is -1.48. The van der Waals surface area contributed by atoms with Gasteiger partial charge in [0.1, 0.15) is 35.0 Å². The number of fused-ring (bicyclic) bond motifs is 1. The van der Waals surface area contributed by atoms with Crippen LogP contribution >= 0.6 is 46.2 Å². The SMILES string of the molecule is Nc1nc(/C(=N/O)C(=O)N[C@@H]2C(=O)N3C(C(=O)O)=C(CSc4nc(C[n+]5ccc(N)n5CCO)cs4)CSC23)cs1. The second-order valence-corrected chi connectivity index (χ2v) is 12.8. The number of β-lactam (4-membered cyclic amide) rings is 1. The summed E-state index contributed by atoms with van der Waals surface area (Å²) in [5.41, 5.74) is 12.4. The standard InChI is InChI=1S/C22H23N9O6S4/c23-13-1-2-29(30(13)3-4-32)5-11-8-41-22(25-11)40-7-10-6-38-19-15(18(34)31(19)16(10)20(35)36)27-17(33)14(28-37)12-9-39-21(24)26-12/h1-2,8-9,15,19,23,32H,3-7H2,(H5,24,26,27,33,35,36,37)/p+1/t15-,19?/m1/s1. The number of aliphatic hydroxyl groups is 1. The molecule has 1 saturated heterocycles. The summed E-state index contributed by atoms with van der Waals surface area (Å²) in [4.78, 5) is 47.6. The monoisotopic (exact) mass is 638 g/mol. The van der Waals surface area contributed by atoms with E-state index in [1.165, 1.54) is 45.1 Å². The number of anilines is 2. The van der Waals surface area contributed by atoms with Crippen molar-refractivity contribution < 1.29 is 34.5 Å². The third kappa shape index (κ3) is 5.75. The lowest BCUT2D eigenvalue weighted by Crippen LogP contribution is -2.71. The van der Waals surface area contributed by atoms with Gasteiger partial charge in [0.2, 0.25) is 6.54 Å². The fraction of sp³-hybridized carbons (Fsp3) is 0.318. The molecule has 1 fully saturated rings. The molecule has 0 radical (unpaired) electrons. The predicted molar refractivity (Wildman–Crippen MR) is 153 cm³/mol. The maximum atomic E-state index is 13.0. The average Bonchev–Trinajstić information content (AvgIpc) is 3.67. The molecular formula is C22H24N9O6S4+. The van der Waals surface area contributed by atoms with E-state index in [2.05, 4.69) is 20.4 Å². The van der Waals surface area contributed by atoms with Gasteiger partial charge in [-0.15, -0.1) is 43.8 Å². The minimum atomic E-state index is -1.24. The van der Waals surface area contributed by atoms with E-state index < -0.39 is 34.9 Å². The summed E-state index contributed by atoms with van der Waals surface area (Å²) >= 11 is 5.18. The number of oxime groups is 1. The predicted octanol–water partition coefficient (Wildman–Crippen LogP) is -0.397. The number of hydrogen-bond acceptors (Lipinski definition) is 14. The Morgan fingerprint density at radius 2 is 2.07 bits per heavy atom. The van der Waals surface area contributed by atoms with Crippen LogP contribution in [-0.2, 0) is 27.5 Å². The topological polar surface area (TPSA) is 226 Å². The van der Waals surface area contributed by atoms with E-state index in [9.17, 15) is 29.8 Å². The summed E-state index contributed by atoms with van der Waals surface area (Å²) in [6.07, 6.45) is 1.81. The normalized spacial score (nSPS) is 18.8.